The summed E-state index contributed by atoms with van der Waals surface area (Å²) in [6, 6.07) is 18.1. The van der Waals surface area contributed by atoms with Crippen molar-refractivity contribution in [2.24, 2.45) is 0 Å². The van der Waals surface area contributed by atoms with Gasteiger partial charge in [-0.15, -0.1) is 0 Å². The number of nitrogens with zero attached hydrogens (tertiary/aromatic N) is 1. The molecule has 0 spiro atoms. The minimum absolute atomic E-state index is 0.00941. The van der Waals surface area contributed by atoms with Crippen LogP contribution in [0.2, 0.25) is 0 Å². The summed E-state index contributed by atoms with van der Waals surface area (Å²) >= 11 is 1.72. The van der Waals surface area contributed by atoms with Gasteiger partial charge in [-0.25, -0.2) is 0 Å². The first-order valence-corrected chi connectivity index (χ1v) is 11.8. The Kier molecular flexibility index (Phi) is 9.13. The fourth-order valence-electron chi connectivity index (χ4n) is 3.56. The van der Waals surface area contributed by atoms with E-state index in [-0.39, 0.29) is 12.0 Å². The normalized spacial score (nSPS) is 11.9. The largest absolute Gasteiger partial charge is 0.496 e. The number of aryl methyl sites for hydroxylation is 1. The number of benzene rings is 2. The van der Waals surface area contributed by atoms with E-state index in [1.807, 2.05) is 43.3 Å². The highest BCUT2D eigenvalue weighted by atomic mass is 32.1. The zero-order valence-electron chi connectivity index (χ0n) is 19.0. The van der Waals surface area contributed by atoms with Gasteiger partial charge in [-0.05, 0) is 72.1 Å². The standard InChI is InChI=1S/C26H32N2O3S/c1-20(16-27-26(29)12-11-23-8-4-5-10-25(23)30-3)31-24-9-6-7-21(15-24)17-28(2)18-22-13-14-32-19-22/h4-10,13-15,19-20H,11-12,16-18H2,1-3H3,(H,27,29)/t20-/m1/s1. The molecule has 3 rings (SSSR count). The molecule has 3 aromatic rings. The van der Waals surface area contributed by atoms with Crippen LogP contribution in [0.25, 0.3) is 0 Å². The quantitative estimate of drug-likeness (QED) is 0.424. The number of hydrogen-bond donors (Lipinski definition) is 1. The molecular formula is C26H32N2O3S. The van der Waals surface area contributed by atoms with Crippen molar-refractivity contribution in [2.45, 2.75) is 39.0 Å². The van der Waals surface area contributed by atoms with E-state index in [0.717, 1.165) is 30.2 Å². The molecular weight excluding hydrogens is 420 g/mol. The molecule has 1 atom stereocenters. The van der Waals surface area contributed by atoms with E-state index in [1.54, 1.807) is 18.4 Å². The van der Waals surface area contributed by atoms with Gasteiger partial charge in [0.25, 0.3) is 0 Å². The second-order valence-electron chi connectivity index (χ2n) is 8.00. The van der Waals surface area contributed by atoms with Gasteiger partial charge in [0.15, 0.2) is 0 Å². The molecule has 0 saturated carbocycles. The van der Waals surface area contributed by atoms with Gasteiger partial charge < -0.3 is 14.8 Å². The van der Waals surface area contributed by atoms with Crippen LogP contribution in [-0.2, 0) is 24.3 Å². The first kappa shape index (κ1) is 23.8. The third kappa shape index (κ3) is 7.70. The van der Waals surface area contributed by atoms with E-state index in [0.29, 0.717) is 19.4 Å². The van der Waals surface area contributed by atoms with Crippen LogP contribution in [0.1, 0.15) is 30.0 Å². The predicted molar refractivity (Wildman–Crippen MR) is 130 cm³/mol. The molecule has 1 amide bonds. The Balaban J connectivity index is 1.41. The molecule has 170 valence electrons. The Hall–Kier alpha value is -2.83. The van der Waals surface area contributed by atoms with Crippen LogP contribution in [-0.4, -0.2) is 37.6 Å². The number of hydrogen-bond acceptors (Lipinski definition) is 5. The minimum Gasteiger partial charge on any atom is -0.496 e. The highest BCUT2D eigenvalue weighted by Crippen LogP contribution is 2.19. The fraction of sp³-hybridized carbons (Fsp3) is 0.346. The van der Waals surface area contributed by atoms with Crippen molar-refractivity contribution in [3.8, 4) is 11.5 Å². The summed E-state index contributed by atoms with van der Waals surface area (Å²) in [7, 11) is 3.77. The lowest BCUT2D eigenvalue weighted by Crippen LogP contribution is -2.33. The van der Waals surface area contributed by atoms with Gasteiger partial charge in [-0.2, -0.15) is 11.3 Å². The summed E-state index contributed by atoms with van der Waals surface area (Å²) in [5.41, 5.74) is 3.57. The van der Waals surface area contributed by atoms with Gasteiger partial charge in [0, 0.05) is 19.5 Å². The van der Waals surface area contributed by atoms with Gasteiger partial charge in [0.05, 0.1) is 13.7 Å². The van der Waals surface area contributed by atoms with Crippen LogP contribution < -0.4 is 14.8 Å². The molecule has 6 heteroatoms. The molecule has 0 bridgehead atoms. The molecule has 0 radical (unpaired) electrons. The number of methoxy groups -OCH3 is 1. The highest BCUT2D eigenvalue weighted by molar-refractivity contribution is 7.07. The second kappa shape index (κ2) is 12.3. The van der Waals surface area contributed by atoms with Crippen molar-refractivity contribution in [1.82, 2.24) is 10.2 Å². The smallest absolute Gasteiger partial charge is 0.220 e. The predicted octanol–water partition coefficient (Wildman–Crippen LogP) is 4.91. The number of ether oxygens (including phenoxy) is 2. The van der Waals surface area contributed by atoms with Gasteiger partial charge >= 0.3 is 0 Å². The summed E-state index contributed by atoms with van der Waals surface area (Å²) in [5.74, 6) is 1.65. The maximum Gasteiger partial charge on any atom is 0.220 e. The SMILES string of the molecule is COc1ccccc1CCC(=O)NC[C@@H](C)Oc1cccc(CN(C)Cc2ccsc2)c1. The summed E-state index contributed by atoms with van der Waals surface area (Å²) in [4.78, 5) is 14.6. The van der Waals surface area contributed by atoms with Crippen LogP contribution in [0.5, 0.6) is 11.5 Å². The van der Waals surface area contributed by atoms with Gasteiger partial charge in [-0.3, -0.25) is 9.69 Å². The lowest BCUT2D eigenvalue weighted by molar-refractivity contribution is -0.121. The van der Waals surface area contributed by atoms with Crippen LogP contribution in [0.4, 0.5) is 0 Å². The maximum absolute atomic E-state index is 12.3. The molecule has 0 aliphatic carbocycles. The Bertz CT molecular complexity index is 975. The zero-order valence-corrected chi connectivity index (χ0v) is 19.9. The molecule has 0 aliphatic heterocycles. The summed E-state index contributed by atoms with van der Waals surface area (Å²) in [5, 5.41) is 7.26. The maximum atomic E-state index is 12.3. The average Bonchev–Trinajstić information content (AvgIpc) is 3.29. The monoisotopic (exact) mass is 452 g/mol. The van der Waals surface area contributed by atoms with Crippen molar-refractivity contribution in [3.05, 3.63) is 82.0 Å². The summed E-state index contributed by atoms with van der Waals surface area (Å²) in [6.07, 6.45) is 0.939. The number of carbonyl (C=O) groups is 1. The van der Waals surface area contributed by atoms with Crippen LogP contribution in [0, 0.1) is 0 Å². The zero-order chi connectivity index (χ0) is 22.8. The molecule has 1 aromatic heterocycles. The lowest BCUT2D eigenvalue weighted by atomic mass is 10.1. The Morgan fingerprint density at radius 1 is 1.09 bits per heavy atom. The highest BCUT2D eigenvalue weighted by Gasteiger charge is 2.10. The van der Waals surface area contributed by atoms with Gasteiger partial charge in [0.1, 0.15) is 17.6 Å². The Morgan fingerprint density at radius 2 is 1.91 bits per heavy atom. The van der Waals surface area contributed by atoms with Gasteiger partial charge in [-0.1, -0.05) is 30.3 Å². The molecule has 0 saturated heterocycles. The molecule has 0 fully saturated rings. The third-order valence-corrected chi connectivity index (χ3v) is 5.85. The van der Waals surface area contributed by atoms with Crippen molar-refractivity contribution in [1.29, 1.82) is 0 Å². The molecule has 1 N–H and O–H groups in total. The van der Waals surface area contributed by atoms with E-state index in [4.69, 9.17) is 9.47 Å². The van der Waals surface area contributed by atoms with Crippen molar-refractivity contribution >= 4 is 17.2 Å². The first-order valence-electron chi connectivity index (χ1n) is 10.9. The Labute approximate surface area is 195 Å². The number of thiophene rings is 1. The van der Waals surface area contributed by atoms with Crippen LogP contribution >= 0.6 is 11.3 Å². The molecule has 1 heterocycles. The summed E-state index contributed by atoms with van der Waals surface area (Å²) in [6.45, 7) is 4.20. The first-order chi connectivity index (χ1) is 15.5. The average molecular weight is 453 g/mol. The number of carbonyl (C=O) groups excluding carboxylic acids is 1. The van der Waals surface area contributed by atoms with Crippen molar-refractivity contribution in [2.75, 3.05) is 20.7 Å². The van der Waals surface area contributed by atoms with Crippen molar-refractivity contribution in [3.63, 3.8) is 0 Å². The van der Waals surface area contributed by atoms with E-state index in [9.17, 15) is 4.79 Å². The van der Waals surface area contributed by atoms with Crippen molar-refractivity contribution < 1.29 is 14.3 Å². The molecule has 0 unspecified atom stereocenters. The Morgan fingerprint density at radius 3 is 2.69 bits per heavy atom. The molecule has 5 nitrogen and oxygen atoms in total. The van der Waals surface area contributed by atoms with Gasteiger partial charge in [0.2, 0.25) is 5.91 Å². The topological polar surface area (TPSA) is 50.8 Å². The van der Waals surface area contributed by atoms with E-state index in [2.05, 4.69) is 46.2 Å². The summed E-state index contributed by atoms with van der Waals surface area (Å²) < 4.78 is 11.4. The van der Waals surface area contributed by atoms with E-state index < -0.39 is 0 Å². The molecule has 2 aromatic carbocycles. The molecule has 0 aliphatic rings. The third-order valence-electron chi connectivity index (χ3n) is 5.12. The number of rotatable bonds is 12. The van der Waals surface area contributed by atoms with Crippen LogP contribution in [0.3, 0.4) is 0 Å². The molecule has 32 heavy (non-hydrogen) atoms. The second-order valence-corrected chi connectivity index (χ2v) is 8.78. The van der Waals surface area contributed by atoms with E-state index >= 15 is 0 Å². The van der Waals surface area contributed by atoms with Crippen LogP contribution in [0.15, 0.2) is 65.4 Å². The number of nitrogens with one attached hydrogen (secondary N) is 1. The fourth-order valence-corrected chi connectivity index (χ4v) is 4.22. The number of para-hydroxylation sites is 1. The number of amides is 1. The van der Waals surface area contributed by atoms with E-state index in [1.165, 1.54) is 11.1 Å². The minimum atomic E-state index is -0.121. The lowest BCUT2D eigenvalue weighted by Gasteiger charge is -2.18.